The summed E-state index contributed by atoms with van der Waals surface area (Å²) in [6.45, 7) is 0. The maximum atomic E-state index is 6.82. The van der Waals surface area contributed by atoms with Gasteiger partial charge in [-0.05, 0) is 24.7 Å². The van der Waals surface area contributed by atoms with E-state index in [1.165, 1.54) is 12.8 Å². The van der Waals surface area contributed by atoms with Gasteiger partial charge in [-0.2, -0.15) is 0 Å². The molecule has 1 heteroatoms. The van der Waals surface area contributed by atoms with Crippen molar-refractivity contribution in [3.05, 3.63) is 0 Å². The highest BCUT2D eigenvalue weighted by atomic mass is 16.5. The third-order valence-electron chi connectivity index (χ3n) is 2.15. The summed E-state index contributed by atoms with van der Waals surface area (Å²) in [6, 6.07) is 0. The second-order valence-electron chi connectivity index (χ2n) is 2.67. The van der Waals surface area contributed by atoms with E-state index in [4.69, 9.17) is 8.85 Å². The topological polar surface area (TPSA) is 9.23 Å². The minimum absolute atomic E-state index is 0.0556. The Bertz CT molecular complexity index is 159. The molecule has 0 aliphatic heterocycles. The summed E-state index contributed by atoms with van der Waals surface area (Å²) in [7, 11) is -2.17. The molecule has 2 fully saturated rings. The molecule has 0 amide bonds. The summed E-state index contributed by atoms with van der Waals surface area (Å²) >= 11 is 0. The highest BCUT2D eigenvalue weighted by molar-refractivity contribution is 5.13. The molecule has 40 valence electrons. The third-order valence-corrected chi connectivity index (χ3v) is 2.15. The Kier molecular flexibility index (Phi) is 0.257. The average molecular weight is 101 g/mol. The quantitative estimate of drug-likeness (QED) is 0.482. The summed E-state index contributed by atoms with van der Waals surface area (Å²) < 4.78 is 25.3. The van der Waals surface area contributed by atoms with Crippen molar-refractivity contribution in [1.29, 1.82) is 0 Å². The highest BCUT2D eigenvalue weighted by Crippen LogP contribution is 2.67. The van der Waals surface area contributed by atoms with E-state index in [1.807, 2.05) is 0 Å². The Morgan fingerprint density at radius 2 is 2.71 bits per heavy atom. The molecule has 0 radical (unpaired) electrons. The van der Waals surface area contributed by atoms with Crippen LogP contribution < -0.4 is 0 Å². The normalized spacial score (nSPS) is 49.7. The highest BCUT2D eigenvalue weighted by Gasteiger charge is 2.63. The maximum absolute atomic E-state index is 6.82. The molecule has 1 atom stereocenters. The van der Waals surface area contributed by atoms with Crippen molar-refractivity contribution in [2.75, 3.05) is 7.04 Å². The van der Waals surface area contributed by atoms with E-state index in [9.17, 15) is 0 Å². The zero-order valence-corrected chi connectivity index (χ0v) is 4.11. The number of rotatable bonds is 1. The fraction of sp³-hybridized carbons (Fsp3) is 1.00. The summed E-state index contributed by atoms with van der Waals surface area (Å²) in [5, 5.41) is 0. The lowest BCUT2D eigenvalue weighted by molar-refractivity contribution is 0.166. The zero-order chi connectivity index (χ0) is 7.41. The van der Waals surface area contributed by atoms with Gasteiger partial charge in [-0.25, -0.2) is 0 Å². The molecule has 2 saturated carbocycles. The van der Waals surface area contributed by atoms with Crippen LogP contribution in [0.15, 0.2) is 0 Å². The van der Waals surface area contributed by atoms with Crippen molar-refractivity contribution in [3.8, 4) is 0 Å². The largest absolute Gasteiger partial charge is 0.381 e. The predicted octanol–water partition coefficient (Wildman–Crippen LogP) is 1.19. The number of ether oxygens (including phenoxy) is 1. The average Bonchev–Trinajstić information content (AvgIpc) is 2.50. The van der Waals surface area contributed by atoms with Crippen LogP contribution in [0.4, 0.5) is 0 Å². The molecular weight excluding hydrogens is 88.1 g/mol. The van der Waals surface area contributed by atoms with Gasteiger partial charge < -0.3 is 4.74 Å². The van der Waals surface area contributed by atoms with E-state index < -0.39 is 7.04 Å². The van der Waals surface area contributed by atoms with Crippen LogP contribution in [0.3, 0.4) is 0 Å². The first kappa shape index (κ1) is 2.06. The second-order valence-corrected chi connectivity index (χ2v) is 2.67. The molecule has 2 aliphatic carbocycles. The molecule has 2 rings (SSSR count). The third kappa shape index (κ3) is 0.367. The molecule has 1 spiro atoms. The molecule has 0 aromatic carbocycles. The lowest BCUT2D eigenvalue weighted by Gasteiger charge is -1.86. The molecule has 0 aromatic rings. The summed E-state index contributed by atoms with van der Waals surface area (Å²) in [6.07, 6.45) is 3.38. The van der Waals surface area contributed by atoms with Crippen molar-refractivity contribution >= 4 is 0 Å². The Labute approximate surface area is 47.9 Å². The van der Waals surface area contributed by atoms with Crippen molar-refractivity contribution in [3.63, 3.8) is 0 Å². The van der Waals surface area contributed by atoms with Crippen molar-refractivity contribution < 1.29 is 8.85 Å². The van der Waals surface area contributed by atoms with E-state index >= 15 is 0 Å². The smallest absolute Gasteiger partial charge is 0.0634 e. The summed E-state index contributed by atoms with van der Waals surface area (Å²) in [5.41, 5.74) is 0.342. The molecule has 0 saturated heterocycles. The van der Waals surface area contributed by atoms with Gasteiger partial charge in [-0.3, -0.25) is 0 Å². The van der Waals surface area contributed by atoms with Crippen LogP contribution in [-0.2, 0) is 4.74 Å². The number of methoxy groups -OCH3 is 1. The Hall–Kier alpha value is -0.0400. The van der Waals surface area contributed by atoms with Crippen LogP contribution in [0.25, 0.3) is 0 Å². The molecule has 1 nitrogen and oxygen atoms in total. The molecule has 0 bridgehead atoms. The van der Waals surface area contributed by atoms with E-state index in [2.05, 4.69) is 0 Å². The van der Waals surface area contributed by atoms with Crippen LogP contribution in [0.5, 0.6) is 0 Å². The van der Waals surface area contributed by atoms with Gasteiger partial charge >= 0.3 is 0 Å². The Morgan fingerprint density at radius 3 is 3.14 bits per heavy atom. The summed E-state index contributed by atoms with van der Waals surface area (Å²) in [4.78, 5) is 0. The number of hydrogen-bond donors (Lipinski definition) is 0. The van der Waals surface area contributed by atoms with Gasteiger partial charge in [-0.15, -0.1) is 0 Å². The minimum Gasteiger partial charge on any atom is -0.381 e. The SMILES string of the molecule is [2H]C([2H])([2H])OC1CC12CC2. The monoisotopic (exact) mass is 101 g/mol. The van der Waals surface area contributed by atoms with E-state index in [-0.39, 0.29) is 6.10 Å². The Balaban J connectivity index is 1.83. The molecule has 1 unspecified atom stereocenters. The fourth-order valence-electron chi connectivity index (χ4n) is 1.16. The molecule has 2 aliphatic rings. The Morgan fingerprint density at radius 1 is 1.86 bits per heavy atom. The van der Waals surface area contributed by atoms with E-state index in [0.29, 0.717) is 5.41 Å². The first-order valence-electron chi connectivity index (χ1n) is 4.20. The number of hydrogen-bond acceptors (Lipinski definition) is 1. The second kappa shape index (κ2) is 0.873. The van der Waals surface area contributed by atoms with Crippen LogP contribution in [0.1, 0.15) is 23.4 Å². The van der Waals surface area contributed by atoms with Crippen LogP contribution in [-0.4, -0.2) is 13.1 Å². The van der Waals surface area contributed by atoms with Crippen molar-refractivity contribution in [1.82, 2.24) is 0 Å². The van der Waals surface area contributed by atoms with E-state index in [0.717, 1.165) is 6.42 Å². The van der Waals surface area contributed by atoms with Crippen molar-refractivity contribution in [2.24, 2.45) is 5.41 Å². The molecule has 0 aromatic heterocycles. The van der Waals surface area contributed by atoms with Crippen LogP contribution in [0, 0.1) is 5.41 Å². The zero-order valence-electron chi connectivity index (χ0n) is 7.11. The standard InChI is InChI=1S/C6H10O/c1-7-5-4-6(5)2-3-6/h5H,2-4H2,1H3/i1D3. The predicted molar refractivity (Wildman–Crippen MR) is 27.1 cm³/mol. The van der Waals surface area contributed by atoms with Crippen LogP contribution >= 0.6 is 0 Å². The van der Waals surface area contributed by atoms with Gasteiger partial charge in [0.25, 0.3) is 0 Å². The molecule has 7 heavy (non-hydrogen) atoms. The van der Waals surface area contributed by atoms with Gasteiger partial charge in [0.15, 0.2) is 0 Å². The van der Waals surface area contributed by atoms with Crippen molar-refractivity contribution in [2.45, 2.75) is 25.4 Å². The maximum Gasteiger partial charge on any atom is 0.0634 e. The van der Waals surface area contributed by atoms with Crippen LogP contribution in [0.2, 0.25) is 0 Å². The first-order valence-corrected chi connectivity index (χ1v) is 2.70. The van der Waals surface area contributed by atoms with Gasteiger partial charge in [0.1, 0.15) is 0 Å². The van der Waals surface area contributed by atoms with Gasteiger partial charge in [0.2, 0.25) is 0 Å². The van der Waals surface area contributed by atoms with Gasteiger partial charge in [-0.1, -0.05) is 0 Å². The lowest BCUT2D eigenvalue weighted by atomic mass is 10.4. The van der Waals surface area contributed by atoms with E-state index in [1.54, 1.807) is 0 Å². The minimum atomic E-state index is -2.17. The van der Waals surface area contributed by atoms with Gasteiger partial charge in [0, 0.05) is 7.04 Å². The lowest BCUT2D eigenvalue weighted by Crippen LogP contribution is -1.88. The first-order chi connectivity index (χ1) is 4.52. The summed E-state index contributed by atoms with van der Waals surface area (Å²) in [5.74, 6) is 0. The molecule has 0 heterocycles. The fourth-order valence-corrected chi connectivity index (χ4v) is 1.16. The molecular formula is C6H10O. The van der Waals surface area contributed by atoms with Gasteiger partial charge in [0.05, 0.1) is 10.2 Å². The molecule has 0 N–H and O–H groups in total.